The average Bonchev–Trinajstić information content (AvgIpc) is 3.60. The molecule has 1 aromatic rings. The van der Waals surface area contributed by atoms with E-state index in [1.54, 1.807) is 20.8 Å². The molecule has 0 N–H and O–H groups in total. The number of rotatable bonds is 19. The molecule has 7 atom stereocenters. The number of nitrogens with zero attached hydrogens (tertiary/aromatic N) is 4. The summed E-state index contributed by atoms with van der Waals surface area (Å²) in [5.41, 5.74) is -0.952. The molecule has 1 aliphatic rings. The molecule has 0 spiro atoms. The van der Waals surface area contributed by atoms with Gasteiger partial charge in [0.25, 0.3) is 11.8 Å². The number of ether oxygens (including phenoxy) is 9. The van der Waals surface area contributed by atoms with Gasteiger partial charge in [0.1, 0.15) is 6.61 Å². The van der Waals surface area contributed by atoms with Crippen LogP contribution < -0.4 is 9.64 Å². The van der Waals surface area contributed by atoms with Gasteiger partial charge in [-0.2, -0.15) is 4.37 Å². The molecule has 0 saturated carbocycles. The highest BCUT2D eigenvalue weighted by atomic mass is 32.1. The van der Waals surface area contributed by atoms with Crippen molar-refractivity contribution < 1.29 is 81.0 Å². The highest BCUT2D eigenvalue weighted by Crippen LogP contribution is 2.27. The van der Waals surface area contributed by atoms with Gasteiger partial charge in [0, 0.05) is 32.5 Å². The van der Waals surface area contributed by atoms with Crippen LogP contribution >= 0.6 is 11.7 Å². The van der Waals surface area contributed by atoms with Crippen molar-refractivity contribution in [1.82, 2.24) is 13.6 Å². The Labute approximate surface area is 334 Å². The first-order chi connectivity index (χ1) is 26.5. The van der Waals surface area contributed by atoms with Gasteiger partial charge in [0.05, 0.1) is 31.5 Å². The molecule has 1 amide bonds. The number of hydrogen-bond acceptors (Lipinski definition) is 21. The van der Waals surface area contributed by atoms with Crippen LogP contribution in [0.25, 0.3) is 0 Å². The fourth-order valence-corrected chi connectivity index (χ4v) is 5.30. The summed E-state index contributed by atoms with van der Waals surface area (Å²) in [5, 5.41) is 0. The van der Waals surface area contributed by atoms with E-state index in [1.165, 1.54) is 39.5 Å². The van der Waals surface area contributed by atoms with Gasteiger partial charge in [-0.15, -0.1) is 4.37 Å². The summed E-state index contributed by atoms with van der Waals surface area (Å²) in [6, 6.07) is 0. The minimum Gasteiger partial charge on any atom is -0.470 e. The van der Waals surface area contributed by atoms with E-state index in [2.05, 4.69) is 8.75 Å². The summed E-state index contributed by atoms with van der Waals surface area (Å²) in [6.45, 7) is 16.0. The minimum atomic E-state index is -1.58. The Morgan fingerprint density at radius 2 is 1.05 bits per heavy atom. The largest absolute Gasteiger partial charge is 0.470 e. The van der Waals surface area contributed by atoms with Crippen LogP contribution in [0.1, 0.15) is 76.2 Å². The van der Waals surface area contributed by atoms with Crippen molar-refractivity contribution in [3.63, 3.8) is 0 Å². The molecule has 0 radical (unpaired) electrons. The number of morpholine rings is 1. The number of carbonyl (C=O) groups is 8. The van der Waals surface area contributed by atoms with Gasteiger partial charge in [-0.25, -0.2) is 24.0 Å². The molecule has 2 heterocycles. The number of carbonyl (C=O) groups excluding carboxylic acids is 8. The van der Waals surface area contributed by atoms with E-state index < -0.39 is 96.0 Å². The van der Waals surface area contributed by atoms with E-state index in [4.69, 9.17) is 42.6 Å². The van der Waals surface area contributed by atoms with Crippen LogP contribution in [0.2, 0.25) is 0 Å². The van der Waals surface area contributed by atoms with Crippen molar-refractivity contribution in [1.29, 1.82) is 0 Å². The van der Waals surface area contributed by atoms with E-state index in [1.807, 2.05) is 4.90 Å². The maximum absolute atomic E-state index is 13.8. The van der Waals surface area contributed by atoms with E-state index in [0.717, 1.165) is 32.5 Å². The van der Waals surface area contributed by atoms with Gasteiger partial charge in [-0.05, 0) is 62.3 Å². The van der Waals surface area contributed by atoms with Crippen molar-refractivity contribution in [2.75, 3.05) is 44.4 Å². The zero-order chi connectivity index (χ0) is 43.2. The van der Waals surface area contributed by atoms with E-state index in [-0.39, 0.29) is 19.0 Å². The summed E-state index contributed by atoms with van der Waals surface area (Å²) in [7, 11) is 0. The maximum Gasteiger partial charge on any atom is 0.347 e. The fraction of sp³-hybridized carbons (Fsp3) is 0.714. The second-order valence-corrected chi connectivity index (χ2v) is 14.3. The summed E-state index contributed by atoms with van der Waals surface area (Å²) < 4.78 is 55.7. The minimum absolute atomic E-state index is 0.134. The molecule has 1 fully saturated rings. The first kappa shape index (κ1) is 48.0. The molecule has 320 valence electrons. The summed E-state index contributed by atoms with van der Waals surface area (Å²) in [6.07, 6.45) is -9.84. The Hall–Kier alpha value is -5.12. The van der Waals surface area contributed by atoms with Crippen LogP contribution in [-0.4, -0.2) is 149 Å². The molecule has 21 nitrogen and oxygen atoms in total. The average molecular weight is 833 g/mol. The van der Waals surface area contributed by atoms with Crippen LogP contribution in [0.5, 0.6) is 5.88 Å². The van der Waals surface area contributed by atoms with Crippen LogP contribution in [-0.2, 0) is 76.3 Å². The lowest BCUT2D eigenvalue weighted by molar-refractivity contribution is -0.186. The number of hydrogen-bond donors (Lipinski definition) is 0. The van der Waals surface area contributed by atoms with Gasteiger partial charge in [-0.3, -0.25) is 14.4 Å². The lowest BCUT2D eigenvalue weighted by Crippen LogP contribution is -2.54. The molecule has 0 aromatic carbocycles. The third-order valence-electron chi connectivity index (χ3n) is 7.77. The molecule has 1 saturated heterocycles. The highest BCUT2D eigenvalue weighted by molar-refractivity contribution is 6.99. The van der Waals surface area contributed by atoms with Crippen molar-refractivity contribution in [2.24, 2.45) is 0 Å². The van der Waals surface area contributed by atoms with Crippen LogP contribution in [0.4, 0.5) is 5.82 Å². The quantitative estimate of drug-likeness (QED) is 0.139. The first-order valence-electron chi connectivity index (χ1n) is 18.0. The summed E-state index contributed by atoms with van der Waals surface area (Å²) in [5.74, 6) is -6.92. The monoisotopic (exact) mass is 832 g/mol. The Kier molecular flexibility index (Phi) is 18.5. The Morgan fingerprint density at radius 1 is 0.649 bits per heavy atom. The number of esters is 7. The smallest absolute Gasteiger partial charge is 0.347 e. The SMILES string of the molecule is CC(=O)OC(C)C(=O)OC(C)C(=O)OC(C)C(=O)OC(C)C(=O)O[C@H](COc1nsnc1N1CCOCC1)CN(C(=O)C(C)OC(=O)C(C)OC(C)=O)C(C)(C)C. The van der Waals surface area contributed by atoms with Gasteiger partial charge in [0.15, 0.2) is 42.7 Å². The highest BCUT2D eigenvalue weighted by Gasteiger charge is 2.37. The van der Waals surface area contributed by atoms with Gasteiger partial charge < -0.3 is 52.4 Å². The lowest BCUT2D eigenvalue weighted by Gasteiger charge is -2.39. The predicted molar refractivity (Wildman–Crippen MR) is 194 cm³/mol. The molecular formula is C35H52N4O17S. The van der Waals surface area contributed by atoms with Crippen LogP contribution in [0, 0.1) is 0 Å². The molecule has 22 heteroatoms. The second-order valence-electron chi connectivity index (χ2n) is 13.8. The molecule has 57 heavy (non-hydrogen) atoms. The lowest BCUT2D eigenvalue weighted by atomic mass is 10.0. The van der Waals surface area contributed by atoms with Crippen molar-refractivity contribution >= 4 is 65.2 Å². The predicted octanol–water partition coefficient (Wildman–Crippen LogP) is 0.922. The Balaban J connectivity index is 2.22. The molecule has 1 aromatic heterocycles. The molecule has 0 bridgehead atoms. The molecular weight excluding hydrogens is 780 g/mol. The standard InChI is InChI=1S/C35H52N4O17S/c1-18(52-30(43)19(2)50-24(7)40)29(42)39(35(9,10)11)16-26(17-49-28-27(36-57-37-28)38-12-14-48-15-13-38)56-34(47)23(6)55-33(46)22(5)54-32(45)21(4)53-31(44)20(3)51-25(8)41/h18-23,26H,12-17H2,1-11H3/t18?,19?,20?,21?,22?,23?,26-/m0/s1. The maximum atomic E-state index is 13.8. The topological polar surface area (TPSA) is 252 Å². The second kappa shape index (κ2) is 22.0. The third kappa shape index (κ3) is 15.7. The Bertz CT molecular complexity index is 1590. The van der Waals surface area contributed by atoms with E-state index in [9.17, 15) is 38.4 Å². The molecule has 1 aliphatic heterocycles. The zero-order valence-electron chi connectivity index (χ0n) is 33.9. The van der Waals surface area contributed by atoms with Crippen molar-refractivity contribution in [3.05, 3.63) is 0 Å². The molecule has 0 aliphatic carbocycles. The molecule has 6 unspecified atom stereocenters. The van der Waals surface area contributed by atoms with Crippen molar-refractivity contribution in [2.45, 2.75) is 124 Å². The van der Waals surface area contributed by atoms with Crippen LogP contribution in [0.15, 0.2) is 0 Å². The Morgan fingerprint density at radius 3 is 1.47 bits per heavy atom. The zero-order valence-corrected chi connectivity index (χ0v) is 34.7. The normalized spacial score (nSPS) is 16.5. The first-order valence-corrected chi connectivity index (χ1v) is 18.7. The number of anilines is 1. The summed E-state index contributed by atoms with van der Waals surface area (Å²) >= 11 is 0.895. The van der Waals surface area contributed by atoms with Gasteiger partial charge in [-0.1, -0.05) is 0 Å². The summed E-state index contributed by atoms with van der Waals surface area (Å²) in [4.78, 5) is 103. The fourth-order valence-electron chi connectivity index (χ4n) is 4.78. The third-order valence-corrected chi connectivity index (χ3v) is 8.27. The van der Waals surface area contributed by atoms with Crippen molar-refractivity contribution in [3.8, 4) is 5.88 Å². The van der Waals surface area contributed by atoms with Gasteiger partial charge in [0.2, 0.25) is 5.82 Å². The van der Waals surface area contributed by atoms with Gasteiger partial charge >= 0.3 is 41.8 Å². The van der Waals surface area contributed by atoms with Crippen LogP contribution in [0.3, 0.4) is 0 Å². The van der Waals surface area contributed by atoms with E-state index >= 15 is 0 Å². The number of amides is 1. The number of aromatic nitrogens is 2. The molecule has 2 rings (SSSR count). The van der Waals surface area contributed by atoms with E-state index in [0.29, 0.717) is 32.1 Å².